The highest BCUT2D eigenvalue weighted by Crippen LogP contribution is 2.17. The lowest BCUT2D eigenvalue weighted by Gasteiger charge is -2.12. The fourth-order valence-electron chi connectivity index (χ4n) is 1.14. The lowest BCUT2D eigenvalue weighted by Crippen LogP contribution is -2.05. The second-order valence-electron chi connectivity index (χ2n) is 4.45. The maximum absolute atomic E-state index is 4.67. The SMILES string of the molecule is CC(C)=C(/N=C(\C)C(C)C)C(C)C. The van der Waals surface area contributed by atoms with Gasteiger partial charge in [-0.1, -0.05) is 33.3 Å². The van der Waals surface area contributed by atoms with Crippen LogP contribution in [0.2, 0.25) is 0 Å². The molecule has 0 heterocycles. The van der Waals surface area contributed by atoms with E-state index in [0.717, 1.165) is 0 Å². The van der Waals surface area contributed by atoms with Gasteiger partial charge in [0, 0.05) is 11.4 Å². The molecule has 0 spiro atoms. The molecule has 0 aromatic carbocycles. The van der Waals surface area contributed by atoms with Crippen molar-refractivity contribution in [3.05, 3.63) is 11.3 Å². The molecule has 0 bridgehead atoms. The van der Waals surface area contributed by atoms with E-state index in [1.54, 1.807) is 0 Å². The van der Waals surface area contributed by atoms with E-state index in [-0.39, 0.29) is 0 Å². The van der Waals surface area contributed by atoms with Gasteiger partial charge in [-0.3, -0.25) is 4.99 Å². The van der Waals surface area contributed by atoms with Crippen molar-refractivity contribution in [2.24, 2.45) is 16.8 Å². The fourth-order valence-corrected chi connectivity index (χ4v) is 1.14. The van der Waals surface area contributed by atoms with Crippen molar-refractivity contribution in [3.63, 3.8) is 0 Å². The molecule has 1 heteroatoms. The maximum Gasteiger partial charge on any atom is 0.0414 e. The molecule has 0 radical (unpaired) electrons. The summed E-state index contributed by atoms with van der Waals surface area (Å²) in [6.45, 7) is 15.1. The zero-order valence-electron chi connectivity index (χ0n) is 10.1. The Morgan fingerprint density at radius 2 is 1.31 bits per heavy atom. The molecule has 1 nitrogen and oxygen atoms in total. The standard InChI is InChI=1S/C12H23N/c1-8(2)11(7)13-12(9(3)4)10(5)6/h8-9H,1-7H3/b13-11+. The first-order valence-electron chi connectivity index (χ1n) is 5.08. The molecule has 0 rings (SSSR count). The van der Waals surface area contributed by atoms with Crippen LogP contribution in [-0.2, 0) is 0 Å². The first-order chi connectivity index (χ1) is 5.86. The van der Waals surface area contributed by atoms with Gasteiger partial charge in [0.15, 0.2) is 0 Å². The normalized spacial score (nSPS) is 12.5. The average Bonchev–Trinajstić information content (AvgIpc) is 1.97. The predicted molar refractivity (Wildman–Crippen MR) is 61.2 cm³/mol. The molecule has 0 aliphatic carbocycles. The van der Waals surface area contributed by atoms with Crippen molar-refractivity contribution in [1.29, 1.82) is 0 Å². The molecular formula is C12H23N. The van der Waals surface area contributed by atoms with Crippen LogP contribution in [0.1, 0.15) is 48.5 Å². The molecule has 0 aliphatic rings. The van der Waals surface area contributed by atoms with Crippen LogP contribution in [0.3, 0.4) is 0 Å². The van der Waals surface area contributed by atoms with Crippen LogP contribution in [0.15, 0.2) is 16.3 Å². The lowest BCUT2D eigenvalue weighted by atomic mass is 10.0. The molecule has 0 atom stereocenters. The molecule has 0 aromatic rings. The van der Waals surface area contributed by atoms with Crippen LogP contribution in [0.4, 0.5) is 0 Å². The van der Waals surface area contributed by atoms with Crippen LogP contribution < -0.4 is 0 Å². The van der Waals surface area contributed by atoms with Gasteiger partial charge >= 0.3 is 0 Å². The predicted octanol–water partition coefficient (Wildman–Crippen LogP) is 4.05. The average molecular weight is 181 g/mol. The summed E-state index contributed by atoms with van der Waals surface area (Å²) in [6, 6.07) is 0. The third kappa shape index (κ3) is 4.25. The van der Waals surface area contributed by atoms with E-state index in [2.05, 4.69) is 53.5 Å². The first kappa shape index (κ1) is 12.4. The van der Waals surface area contributed by atoms with E-state index in [1.165, 1.54) is 17.0 Å². The van der Waals surface area contributed by atoms with Crippen molar-refractivity contribution < 1.29 is 0 Å². The van der Waals surface area contributed by atoms with Gasteiger partial charge < -0.3 is 0 Å². The van der Waals surface area contributed by atoms with Crippen molar-refractivity contribution in [2.75, 3.05) is 0 Å². The zero-order chi connectivity index (χ0) is 10.6. The minimum absolute atomic E-state index is 0.527. The Morgan fingerprint density at radius 1 is 0.846 bits per heavy atom. The van der Waals surface area contributed by atoms with Gasteiger partial charge in [0.2, 0.25) is 0 Å². The Kier molecular flexibility index (Phi) is 4.97. The summed E-state index contributed by atoms with van der Waals surface area (Å²) in [7, 11) is 0. The minimum atomic E-state index is 0.527. The Hall–Kier alpha value is -0.590. The molecule has 0 fully saturated rings. The van der Waals surface area contributed by atoms with Gasteiger partial charge in [0.1, 0.15) is 0 Å². The van der Waals surface area contributed by atoms with Crippen LogP contribution in [0.25, 0.3) is 0 Å². The van der Waals surface area contributed by atoms with E-state index in [4.69, 9.17) is 0 Å². The number of allylic oxidation sites excluding steroid dienone is 2. The van der Waals surface area contributed by atoms with Gasteiger partial charge in [-0.2, -0.15) is 0 Å². The minimum Gasteiger partial charge on any atom is -0.262 e. The highest BCUT2D eigenvalue weighted by atomic mass is 14.8. The number of hydrogen-bond acceptors (Lipinski definition) is 1. The zero-order valence-corrected chi connectivity index (χ0v) is 10.1. The van der Waals surface area contributed by atoms with Crippen LogP contribution >= 0.6 is 0 Å². The molecular weight excluding hydrogens is 158 g/mol. The molecule has 76 valence electrons. The molecule has 0 unspecified atom stereocenters. The number of hydrogen-bond donors (Lipinski definition) is 0. The first-order valence-corrected chi connectivity index (χ1v) is 5.08. The highest BCUT2D eigenvalue weighted by Gasteiger charge is 2.05. The monoisotopic (exact) mass is 181 g/mol. The largest absolute Gasteiger partial charge is 0.262 e. The summed E-state index contributed by atoms with van der Waals surface area (Å²) in [5, 5.41) is 0. The van der Waals surface area contributed by atoms with E-state index in [9.17, 15) is 0 Å². The third-order valence-electron chi connectivity index (χ3n) is 2.19. The fraction of sp³-hybridized carbons (Fsp3) is 0.750. The molecule has 0 amide bonds. The summed E-state index contributed by atoms with van der Waals surface area (Å²) in [6.07, 6.45) is 0. The Balaban J connectivity index is 4.83. The van der Waals surface area contributed by atoms with Crippen LogP contribution in [0.5, 0.6) is 0 Å². The second-order valence-corrected chi connectivity index (χ2v) is 4.45. The van der Waals surface area contributed by atoms with E-state index in [1.807, 2.05) is 0 Å². The van der Waals surface area contributed by atoms with Crippen LogP contribution in [0, 0.1) is 11.8 Å². The summed E-state index contributed by atoms with van der Waals surface area (Å²) in [5.41, 5.74) is 3.80. The summed E-state index contributed by atoms with van der Waals surface area (Å²) >= 11 is 0. The van der Waals surface area contributed by atoms with Crippen molar-refractivity contribution in [3.8, 4) is 0 Å². The Morgan fingerprint density at radius 3 is 1.54 bits per heavy atom. The number of nitrogens with zero attached hydrogens (tertiary/aromatic N) is 1. The van der Waals surface area contributed by atoms with Crippen molar-refractivity contribution in [2.45, 2.75) is 48.5 Å². The smallest absolute Gasteiger partial charge is 0.0414 e. The molecule has 0 aromatic heterocycles. The molecule has 0 saturated heterocycles. The summed E-state index contributed by atoms with van der Waals surface area (Å²) in [5.74, 6) is 1.08. The van der Waals surface area contributed by atoms with Gasteiger partial charge in [0.25, 0.3) is 0 Å². The quantitative estimate of drug-likeness (QED) is 0.582. The molecule has 0 N–H and O–H groups in total. The van der Waals surface area contributed by atoms with Crippen LogP contribution in [-0.4, -0.2) is 5.71 Å². The Bertz CT molecular complexity index is 215. The second kappa shape index (κ2) is 5.21. The van der Waals surface area contributed by atoms with E-state index < -0.39 is 0 Å². The third-order valence-corrected chi connectivity index (χ3v) is 2.19. The lowest BCUT2D eigenvalue weighted by molar-refractivity contribution is 0.738. The summed E-state index contributed by atoms with van der Waals surface area (Å²) in [4.78, 5) is 4.67. The summed E-state index contributed by atoms with van der Waals surface area (Å²) < 4.78 is 0. The number of rotatable bonds is 3. The van der Waals surface area contributed by atoms with Crippen molar-refractivity contribution >= 4 is 5.71 Å². The number of aliphatic imine (C=N–C) groups is 1. The van der Waals surface area contributed by atoms with Gasteiger partial charge in [0.05, 0.1) is 0 Å². The topological polar surface area (TPSA) is 12.4 Å². The molecule has 0 saturated carbocycles. The highest BCUT2D eigenvalue weighted by molar-refractivity contribution is 5.84. The van der Waals surface area contributed by atoms with E-state index in [0.29, 0.717) is 11.8 Å². The van der Waals surface area contributed by atoms with E-state index >= 15 is 0 Å². The molecule has 0 aliphatic heterocycles. The van der Waals surface area contributed by atoms with Gasteiger partial charge in [-0.05, 0) is 32.6 Å². The molecule has 13 heavy (non-hydrogen) atoms. The van der Waals surface area contributed by atoms with Crippen molar-refractivity contribution in [1.82, 2.24) is 0 Å². The van der Waals surface area contributed by atoms with Gasteiger partial charge in [-0.15, -0.1) is 0 Å². The maximum atomic E-state index is 4.67. The Labute approximate surface area is 83.0 Å². The van der Waals surface area contributed by atoms with Gasteiger partial charge in [-0.25, -0.2) is 0 Å².